The highest BCUT2D eigenvalue weighted by Crippen LogP contribution is 2.24. The molecule has 8 heteroatoms. The topological polar surface area (TPSA) is 85.0 Å². The molecule has 1 aliphatic heterocycles. The normalized spacial score (nSPS) is 22.0. The molecular weight excluding hydrogens is 346 g/mol. The number of ether oxygens (including phenoxy) is 1. The van der Waals surface area contributed by atoms with E-state index >= 15 is 0 Å². The lowest BCUT2D eigenvalue weighted by Crippen LogP contribution is -2.43. The third-order valence-corrected chi connectivity index (χ3v) is 5.96. The predicted octanol–water partition coefficient (Wildman–Crippen LogP) is 1.18. The first-order valence-corrected chi connectivity index (χ1v) is 10.9. The van der Waals surface area contributed by atoms with E-state index in [0.29, 0.717) is 24.6 Å². The van der Waals surface area contributed by atoms with E-state index in [1.165, 1.54) is 6.26 Å². The van der Waals surface area contributed by atoms with Crippen molar-refractivity contribution in [3.8, 4) is 0 Å². The summed E-state index contributed by atoms with van der Waals surface area (Å²) in [5.41, 5.74) is 6.47. The quantitative estimate of drug-likeness (QED) is 0.691. The Kier molecular flexibility index (Phi) is 7.24. The number of rotatable bonds is 8. The molecule has 0 saturated heterocycles. The molecule has 0 bridgehead atoms. The van der Waals surface area contributed by atoms with Crippen LogP contribution in [0.2, 0.25) is 0 Å². The van der Waals surface area contributed by atoms with Crippen LogP contribution in [-0.2, 0) is 14.6 Å². The lowest BCUT2D eigenvalue weighted by Gasteiger charge is -2.35. The number of sulfone groups is 1. The van der Waals surface area contributed by atoms with Gasteiger partial charge < -0.3 is 10.5 Å². The summed E-state index contributed by atoms with van der Waals surface area (Å²) in [4.78, 5) is 6.86. The van der Waals surface area contributed by atoms with E-state index in [9.17, 15) is 8.42 Å². The van der Waals surface area contributed by atoms with E-state index in [1.807, 2.05) is 25.4 Å². The average Bonchev–Trinajstić information content (AvgIpc) is 2.55. The Hall–Kier alpha value is -0.930. The molecule has 0 saturated carbocycles. The van der Waals surface area contributed by atoms with Crippen molar-refractivity contribution < 1.29 is 13.2 Å². The van der Waals surface area contributed by atoms with Crippen LogP contribution in [0, 0.1) is 0 Å². The number of hydrogen-bond acceptors (Lipinski definition) is 7. The second-order valence-corrected chi connectivity index (χ2v) is 8.93. The molecule has 2 rings (SSSR count). The molecule has 1 aromatic rings. The van der Waals surface area contributed by atoms with Crippen molar-refractivity contribution in [2.24, 2.45) is 10.7 Å². The summed E-state index contributed by atoms with van der Waals surface area (Å²) in [5.74, 6) is 1.86. The molecule has 134 valence electrons. The molecule has 2 N–H and O–H groups in total. The molecule has 2 atom stereocenters. The van der Waals surface area contributed by atoms with Crippen LogP contribution in [0.5, 0.6) is 0 Å². The minimum Gasteiger partial charge on any atom is -0.360 e. The van der Waals surface area contributed by atoms with Crippen molar-refractivity contribution in [3.05, 3.63) is 29.8 Å². The summed E-state index contributed by atoms with van der Waals surface area (Å²) in [6, 6.07) is 6.93. The van der Waals surface area contributed by atoms with Gasteiger partial charge in [0.25, 0.3) is 0 Å². The van der Waals surface area contributed by atoms with E-state index < -0.39 is 9.84 Å². The van der Waals surface area contributed by atoms with Crippen LogP contribution in [0.15, 0.2) is 34.2 Å². The zero-order valence-corrected chi connectivity index (χ0v) is 15.7. The number of aliphatic imine (C=N–C) groups is 1. The SMILES string of the molecule is CN1C(OCCSCCN)CN=CC1c1ccc(S(C)(=O)=O)cc1. The number of hydrogen-bond donors (Lipinski definition) is 1. The molecule has 1 heterocycles. The van der Waals surface area contributed by atoms with E-state index in [-0.39, 0.29) is 12.3 Å². The maximum absolute atomic E-state index is 11.6. The second kappa shape index (κ2) is 8.96. The van der Waals surface area contributed by atoms with Crippen LogP contribution in [0.25, 0.3) is 0 Å². The Bertz CT molecular complexity index is 647. The van der Waals surface area contributed by atoms with E-state index in [4.69, 9.17) is 10.5 Å². The summed E-state index contributed by atoms with van der Waals surface area (Å²) >= 11 is 1.78. The fraction of sp³-hybridized carbons (Fsp3) is 0.562. The van der Waals surface area contributed by atoms with Crippen LogP contribution in [-0.4, -0.2) is 70.3 Å². The molecule has 0 amide bonds. The monoisotopic (exact) mass is 371 g/mol. The van der Waals surface area contributed by atoms with Gasteiger partial charge in [-0.25, -0.2) is 8.42 Å². The number of likely N-dealkylation sites (N-methyl/N-ethyl adjacent to an activating group) is 1. The van der Waals surface area contributed by atoms with Gasteiger partial charge in [-0.05, 0) is 24.7 Å². The third-order valence-electron chi connectivity index (χ3n) is 3.85. The number of benzene rings is 1. The minimum atomic E-state index is -3.18. The van der Waals surface area contributed by atoms with Crippen LogP contribution in [0.1, 0.15) is 11.6 Å². The van der Waals surface area contributed by atoms with Gasteiger partial charge >= 0.3 is 0 Å². The Morgan fingerprint density at radius 1 is 1.33 bits per heavy atom. The summed E-state index contributed by atoms with van der Waals surface area (Å²) in [7, 11) is -1.18. The maximum Gasteiger partial charge on any atom is 0.175 e. The first kappa shape index (κ1) is 19.4. The van der Waals surface area contributed by atoms with Gasteiger partial charge in [0, 0.05) is 30.5 Å². The lowest BCUT2D eigenvalue weighted by atomic mass is 10.1. The van der Waals surface area contributed by atoms with Crippen LogP contribution < -0.4 is 5.73 Å². The first-order valence-electron chi connectivity index (χ1n) is 7.85. The van der Waals surface area contributed by atoms with Crippen molar-refractivity contribution in [3.63, 3.8) is 0 Å². The van der Waals surface area contributed by atoms with Gasteiger partial charge in [0.1, 0.15) is 6.23 Å². The fourth-order valence-corrected chi connectivity index (χ4v) is 3.71. The molecule has 24 heavy (non-hydrogen) atoms. The van der Waals surface area contributed by atoms with Gasteiger partial charge in [0.05, 0.1) is 24.1 Å². The van der Waals surface area contributed by atoms with Gasteiger partial charge in [0.2, 0.25) is 0 Å². The molecule has 1 aliphatic rings. The van der Waals surface area contributed by atoms with Gasteiger partial charge in [-0.3, -0.25) is 9.89 Å². The summed E-state index contributed by atoms with van der Waals surface area (Å²) < 4.78 is 29.1. The minimum absolute atomic E-state index is 0.0194. The second-order valence-electron chi connectivity index (χ2n) is 5.69. The van der Waals surface area contributed by atoms with E-state index in [2.05, 4.69) is 9.89 Å². The Morgan fingerprint density at radius 2 is 2.04 bits per heavy atom. The molecule has 0 fully saturated rings. The highest BCUT2D eigenvalue weighted by atomic mass is 32.2. The van der Waals surface area contributed by atoms with Crippen molar-refractivity contribution in [1.82, 2.24) is 4.90 Å². The standard InChI is InChI=1S/C16H25N3O3S2/c1-19-15(13-3-5-14(6-4-13)24(2,20)21)11-18-12-16(19)22-8-10-23-9-7-17/h3-6,11,15-16H,7-10,12,17H2,1-2H3. The fourth-order valence-electron chi connectivity index (χ4n) is 2.50. The molecule has 6 nitrogen and oxygen atoms in total. The van der Waals surface area contributed by atoms with Crippen molar-refractivity contribution in [1.29, 1.82) is 0 Å². The molecule has 1 aromatic carbocycles. The number of nitrogens with two attached hydrogens (primary N) is 1. The van der Waals surface area contributed by atoms with Crippen LogP contribution >= 0.6 is 11.8 Å². The van der Waals surface area contributed by atoms with E-state index in [0.717, 1.165) is 17.1 Å². The van der Waals surface area contributed by atoms with Gasteiger partial charge in [-0.1, -0.05) is 12.1 Å². The zero-order valence-electron chi connectivity index (χ0n) is 14.1. The molecule has 0 aromatic heterocycles. The third kappa shape index (κ3) is 5.29. The van der Waals surface area contributed by atoms with Crippen molar-refractivity contribution in [2.75, 3.05) is 44.5 Å². The highest BCUT2D eigenvalue weighted by Gasteiger charge is 2.26. The smallest absolute Gasteiger partial charge is 0.175 e. The largest absolute Gasteiger partial charge is 0.360 e. The van der Waals surface area contributed by atoms with E-state index in [1.54, 1.807) is 23.9 Å². The number of nitrogens with zero attached hydrogens (tertiary/aromatic N) is 2. The molecule has 2 unspecified atom stereocenters. The zero-order chi connectivity index (χ0) is 17.6. The molecule has 0 spiro atoms. The van der Waals surface area contributed by atoms with Crippen molar-refractivity contribution >= 4 is 27.8 Å². The highest BCUT2D eigenvalue weighted by molar-refractivity contribution is 7.99. The Balaban J connectivity index is 1.98. The first-order chi connectivity index (χ1) is 11.4. The van der Waals surface area contributed by atoms with Crippen LogP contribution in [0.4, 0.5) is 0 Å². The number of thioether (sulfide) groups is 1. The van der Waals surface area contributed by atoms with Gasteiger partial charge in [-0.15, -0.1) is 0 Å². The van der Waals surface area contributed by atoms with Gasteiger partial charge in [0.15, 0.2) is 9.84 Å². The molecule has 0 radical (unpaired) electrons. The average molecular weight is 372 g/mol. The molecule has 0 aliphatic carbocycles. The van der Waals surface area contributed by atoms with Gasteiger partial charge in [-0.2, -0.15) is 11.8 Å². The maximum atomic E-state index is 11.6. The summed E-state index contributed by atoms with van der Waals surface area (Å²) in [5, 5.41) is 0. The van der Waals surface area contributed by atoms with Crippen molar-refractivity contribution in [2.45, 2.75) is 17.2 Å². The Morgan fingerprint density at radius 3 is 2.67 bits per heavy atom. The lowest BCUT2D eigenvalue weighted by molar-refractivity contribution is -0.0469. The summed E-state index contributed by atoms with van der Waals surface area (Å²) in [6.07, 6.45) is 3.02. The van der Waals surface area contributed by atoms with Crippen LogP contribution in [0.3, 0.4) is 0 Å². The summed E-state index contributed by atoms with van der Waals surface area (Å²) in [6.45, 7) is 1.95. The molecular formula is C16H25N3O3S2. The Labute approximate surface area is 148 Å². The predicted molar refractivity (Wildman–Crippen MR) is 99.5 cm³/mol.